The van der Waals surface area contributed by atoms with E-state index in [0.717, 1.165) is 16.8 Å². The van der Waals surface area contributed by atoms with Crippen molar-refractivity contribution >= 4 is 11.6 Å². The second-order valence-electron chi connectivity index (χ2n) is 6.48. The normalized spacial score (nSPS) is 12.1. The van der Waals surface area contributed by atoms with Crippen molar-refractivity contribution in [3.05, 3.63) is 70.3 Å². The molecule has 0 fully saturated rings. The van der Waals surface area contributed by atoms with Gasteiger partial charge in [-0.1, -0.05) is 17.7 Å². The second kappa shape index (κ2) is 8.63. The van der Waals surface area contributed by atoms with Gasteiger partial charge in [0.05, 0.1) is 26.1 Å². The molecule has 0 radical (unpaired) electrons. The van der Waals surface area contributed by atoms with Gasteiger partial charge in [0.2, 0.25) is 0 Å². The van der Waals surface area contributed by atoms with Crippen LogP contribution in [0.1, 0.15) is 29.8 Å². The van der Waals surface area contributed by atoms with Crippen molar-refractivity contribution in [1.29, 1.82) is 0 Å². The van der Waals surface area contributed by atoms with Crippen LogP contribution in [-0.4, -0.2) is 24.0 Å². The first-order chi connectivity index (χ1) is 13.4. The zero-order valence-electron chi connectivity index (χ0n) is 16.3. The molecule has 1 N–H and O–H groups in total. The first-order valence-corrected chi connectivity index (χ1v) is 9.26. The summed E-state index contributed by atoms with van der Waals surface area (Å²) >= 11 is 6.19. The van der Waals surface area contributed by atoms with Crippen LogP contribution in [-0.2, 0) is 6.54 Å². The molecular weight excluding hydrogens is 381 g/mol. The Morgan fingerprint density at radius 2 is 2.00 bits per heavy atom. The summed E-state index contributed by atoms with van der Waals surface area (Å²) in [5.74, 6) is 0.954. The Morgan fingerprint density at radius 1 is 1.21 bits per heavy atom. The number of hydrogen-bond acceptors (Lipinski definition) is 4. The van der Waals surface area contributed by atoms with E-state index in [1.54, 1.807) is 37.2 Å². The van der Waals surface area contributed by atoms with Gasteiger partial charge in [-0.2, -0.15) is 5.10 Å². The maximum atomic E-state index is 13.5. The maximum Gasteiger partial charge on any atom is 0.165 e. The van der Waals surface area contributed by atoms with Gasteiger partial charge < -0.3 is 14.8 Å². The van der Waals surface area contributed by atoms with Gasteiger partial charge in [-0.25, -0.2) is 9.07 Å². The predicted molar refractivity (Wildman–Crippen MR) is 108 cm³/mol. The molecule has 0 spiro atoms. The first kappa shape index (κ1) is 20.2. The van der Waals surface area contributed by atoms with Gasteiger partial charge in [0.1, 0.15) is 5.82 Å². The maximum absolute atomic E-state index is 13.5. The third-order valence-electron chi connectivity index (χ3n) is 4.69. The Balaban J connectivity index is 1.80. The van der Waals surface area contributed by atoms with Crippen LogP contribution in [0.3, 0.4) is 0 Å². The standard InChI is InChI=1S/C21H23ClFN3O2/c1-13(24-11-15-8-16(22)9-20(27-3)21(15)28-4)19-12-25-26(14(19)2)18-7-5-6-17(23)10-18/h5-10,12-13,24H,11H2,1-4H3/t13-/m0/s1. The van der Waals surface area contributed by atoms with Crippen LogP contribution in [0.2, 0.25) is 5.02 Å². The Bertz CT molecular complexity index is 974. The molecule has 0 saturated heterocycles. The predicted octanol–water partition coefficient (Wildman–Crippen LogP) is 4.84. The summed E-state index contributed by atoms with van der Waals surface area (Å²) in [6.45, 7) is 4.55. The van der Waals surface area contributed by atoms with Crippen molar-refractivity contribution in [3.8, 4) is 17.2 Å². The van der Waals surface area contributed by atoms with E-state index in [1.807, 2.05) is 26.0 Å². The van der Waals surface area contributed by atoms with Gasteiger partial charge in [0.25, 0.3) is 0 Å². The number of aromatic nitrogens is 2. The second-order valence-corrected chi connectivity index (χ2v) is 6.92. The summed E-state index contributed by atoms with van der Waals surface area (Å²) < 4.78 is 26.1. The van der Waals surface area contributed by atoms with Crippen LogP contribution in [0, 0.1) is 12.7 Å². The highest BCUT2D eigenvalue weighted by Crippen LogP contribution is 2.34. The lowest BCUT2D eigenvalue weighted by atomic mass is 10.1. The average molecular weight is 404 g/mol. The molecule has 1 aromatic heterocycles. The van der Waals surface area contributed by atoms with E-state index in [0.29, 0.717) is 28.8 Å². The van der Waals surface area contributed by atoms with Gasteiger partial charge >= 0.3 is 0 Å². The molecular formula is C21H23ClFN3O2. The average Bonchev–Trinajstić information content (AvgIpc) is 3.07. The van der Waals surface area contributed by atoms with Crippen LogP contribution >= 0.6 is 11.6 Å². The van der Waals surface area contributed by atoms with Crippen molar-refractivity contribution in [2.45, 2.75) is 26.4 Å². The molecule has 0 unspecified atom stereocenters. The minimum Gasteiger partial charge on any atom is -0.493 e. The van der Waals surface area contributed by atoms with E-state index in [-0.39, 0.29) is 11.9 Å². The van der Waals surface area contributed by atoms with E-state index in [4.69, 9.17) is 21.1 Å². The van der Waals surface area contributed by atoms with E-state index >= 15 is 0 Å². The van der Waals surface area contributed by atoms with E-state index in [9.17, 15) is 4.39 Å². The molecule has 0 saturated carbocycles. The lowest BCUT2D eigenvalue weighted by Crippen LogP contribution is -2.19. The molecule has 0 aliphatic heterocycles. The molecule has 5 nitrogen and oxygen atoms in total. The van der Waals surface area contributed by atoms with Crippen molar-refractivity contribution in [2.75, 3.05) is 14.2 Å². The van der Waals surface area contributed by atoms with Crippen molar-refractivity contribution < 1.29 is 13.9 Å². The van der Waals surface area contributed by atoms with Crippen molar-refractivity contribution in [1.82, 2.24) is 15.1 Å². The Morgan fingerprint density at radius 3 is 2.68 bits per heavy atom. The molecule has 28 heavy (non-hydrogen) atoms. The molecule has 0 amide bonds. The number of hydrogen-bond donors (Lipinski definition) is 1. The first-order valence-electron chi connectivity index (χ1n) is 8.88. The van der Waals surface area contributed by atoms with Crippen LogP contribution in [0.4, 0.5) is 4.39 Å². The minimum atomic E-state index is -0.290. The lowest BCUT2D eigenvalue weighted by Gasteiger charge is -2.17. The monoisotopic (exact) mass is 403 g/mol. The molecule has 7 heteroatoms. The molecule has 2 aromatic carbocycles. The van der Waals surface area contributed by atoms with Crippen LogP contribution in [0.25, 0.3) is 5.69 Å². The highest BCUT2D eigenvalue weighted by molar-refractivity contribution is 6.30. The van der Waals surface area contributed by atoms with Crippen LogP contribution < -0.4 is 14.8 Å². The number of halogens is 2. The summed E-state index contributed by atoms with van der Waals surface area (Å²) in [5, 5.41) is 8.47. The molecule has 3 rings (SSSR count). The minimum absolute atomic E-state index is 0.0111. The van der Waals surface area contributed by atoms with E-state index < -0.39 is 0 Å². The summed E-state index contributed by atoms with van der Waals surface area (Å²) in [4.78, 5) is 0. The summed E-state index contributed by atoms with van der Waals surface area (Å²) in [6.07, 6.45) is 1.80. The third-order valence-corrected chi connectivity index (χ3v) is 4.90. The Labute approximate surface area is 169 Å². The quantitative estimate of drug-likeness (QED) is 0.613. The topological polar surface area (TPSA) is 48.3 Å². The largest absolute Gasteiger partial charge is 0.493 e. The van der Waals surface area contributed by atoms with Crippen molar-refractivity contribution in [2.24, 2.45) is 0 Å². The van der Waals surface area contributed by atoms with Gasteiger partial charge in [-0.3, -0.25) is 0 Å². The number of ether oxygens (including phenoxy) is 2. The molecule has 0 aliphatic rings. The number of nitrogens with one attached hydrogen (secondary N) is 1. The number of methoxy groups -OCH3 is 2. The van der Waals surface area contributed by atoms with Crippen LogP contribution in [0.15, 0.2) is 42.6 Å². The third kappa shape index (κ3) is 4.13. The summed E-state index contributed by atoms with van der Waals surface area (Å²) in [6, 6.07) is 9.97. The van der Waals surface area contributed by atoms with Gasteiger partial charge in [-0.05, 0) is 38.1 Å². The highest BCUT2D eigenvalue weighted by Gasteiger charge is 2.17. The number of rotatable bonds is 7. The highest BCUT2D eigenvalue weighted by atomic mass is 35.5. The smallest absolute Gasteiger partial charge is 0.165 e. The fourth-order valence-corrected chi connectivity index (χ4v) is 3.46. The molecule has 1 atom stereocenters. The van der Waals surface area contributed by atoms with E-state index in [1.165, 1.54) is 12.1 Å². The Hall–Kier alpha value is -2.57. The molecule has 0 bridgehead atoms. The lowest BCUT2D eigenvalue weighted by molar-refractivity contribution is 0.350. The summed E-state index contributed by atoms with van der Waals surface area (Å²) in [5.41, 5.74) is 3.56. The van der Waals surface area contributed by atoms with E-state index in [2.05, 4.69) is 10.4 Å². The van der Waals surface area contributed by atoms with Gasteiger partial charge in [-0.15, -0.1) is 0 Å². The molecule has 1 heterocycles. The van der Waals surface area contributed by atoms with Gasteiger partial charge in [0.15, 0.2) is 11.5 Å². The summed E-state index contributed by atoms with van der Waals surface area (Å²) in [7, 11) is 3.18. The fraction of sp³-hybridized carbons (Fsp3) is 0.286. The molecule has 0 aliphatic carbocycles. The zero-order valence-corrected chi connectivity index (χ0v) is 17.0. The van der Waals surface area contributed by atoms with Crippen LogP contribution in [0.5, 0.6) is 11.5 Å². The van der Waals surface area contributed by atoms with Crippen molar-refractivity contribution in [3.63, 3.8) is 0 Å². The molecule has 3 aromatic rings. The number of benzene rings is 2. The molecule has 148 valence electrons. The zero-order chi connectivity index (χ0) is 20.3. The fourth-order valence-electron chi connectivity index (χ4n) is 3.23. The SMILES string of the molecule is COc1cc(Cl)cc(CN[C@@H](C)c2cnn(-c3cccc(F)c3)c2C)c1OC. The number of nitrogens with zero attached hydrogens (tertiary/aromatic N) is 2. The Kier molecular flexibility index (Phi) is 6.21. The van der Waals surface area contributed by atoms with Gasteiger partial charge in [0, 0.05) is 40.5 Å².